The second-order valence-electron chi connectivity index (χ2n) is 6.87. The standard InChI is InChI=1S/C18H25BrN2O3.ClH/c1-23-15-8-13(19)14(9-16(15)24-2)21-18(22)12-6-10-4-3-5-11(7-12)17(10)20;/h8-12,17H,3-7,20H2,1-2H3,(H,21,22);1H. The Hall–Kier alpha value is -0.980. The molecule has 2 fully saturated rings. The molecule has 0 saturated heterocycles. The van der Waals surface area contributed by atoms with Crippen molar-refractivity contribution >= 4 is 39.9 Å². The summed E-state index contributed by atoms with van der Waals surface area (Å²) in [5.41, 5.74) is 7.03. The molecular formula is C18H26BrClN2O3. The van der Waals surface area contributed by atoms with Gasteiger partial charge in [0.25, 0.3) is 0 Å². The normalized spacial score (nSPS) is 27.8. The highest BCUT2D eigenvalue weighted by Crippen LogP contribution is 2.43. The molecule has 3 N–H and O–H groups in total. The molecule has 3 rings (SSSR count). The van der Waals surface area contributed by atoms with Crippen molar-refractivity contribution in [2.24, 2.45) is 23.5 Å². The zero-order valence-corrected chi connectivity index (χ0v) is 17.0. The Morgan fingerprint density at radius 3 is 2.28 bits per heavy atom. The number of amides is 1. The molecule has 2 atom stereocenters. The molecule has 5 nitrogen and oxygen atoms in total. The highest BCUT2D eigenvalue weighted by atomic mass is 79.9. The predicted molar refractivity (Wildman–Crippen MR) is 105 cm³/mol. The number of nitrogens with two attached hydrogens (primary N) is 1. The molecule has 7 heteroatoms. The van der Waals surface area contributed by atoms with E-state index in [1.54, 1.807) is 26.4 Å². The van der Waals surface area contributed by atoms with Crippen molar-refractivity contribution in [3.05, 3.63) is 16.6 Å². The fourth-order valence-electron chi connectivity index (χ4n) is 4.19. The number of benzene rings is 1. The van der Waals surface area contributed by atoms with Crippen LogP contribution in [0.1, 0.15) is 32.1 Å². The van der Waals surface area contributed by atoms with Gasteiger partial charge in [0.1, 0.15) is 0 Å². The highest BCUT2D eigenvalue weighted by molar-refractivity contribution is 9.10. The minimum Gasteiger partial charge on any atom is -0.493 e. The second-order valence-corrected chi connectivity index (χ2v) is 7.73. The van der Waals surface area contributed by atoms with Gasteiger partial charge in [-0.05, 0) is 53.4 Å². The SMILES string of the molecule is COc1cc(Br)c(NC(=O)C2CC3CCCC(C2)C3N)cc1OC.Cl. The number of halogens is 2. The van der Waals surface area contributed by atoms with E-state index in [1.165, 1.54) is 6.42 Å². The maximum Gasteiger partial charge on any atom is 0.227 e. The first kappa shape index (κ1) is 20.3. The van der Waals surface area contributed by atoms with Gasteiger partial charge in [-0.15, -0.1) is 12.4 Å². The molecule has 2 bridgehead atoms. The quantitative estimate of drug-likeness (QED) is 0.753. The summed E-state index contributed by atoms with van der Waals surface area (Å²) in [6.07, 6.45) is 5.35. The van der Waals surface area contributed by atoms with Gasteiger partial charge in [0.15, 0.2) is 11.5 Å². The minimum absolute atomic E-state index is 0. The number of ether oxygens (including phenoxy) is 2. The zero-order valence-electron chi connectivity index (χ0n) is 14.6. The summed E-state index contributed by atoms with van der Waals surface area (Å²) in [5.74, 6) is 2.31. The van der Waals surface area contributed by atoms with Gasteiger partial charge >= 0.3 is 0 Å². The van der Waals surface area contributed by atoms with E-state index in [0.29, 0.717) is 29.0 Å². The Labute approximate surface area is 163 Å². The van der Waals surface area contributed by atoms with Crippen molar-refractivity contribution < 1.29 is 14.3 Å². The lowest BCUT2D eigenvalue weighted by Gasteiger charge is -2.43. The lowest BCUT2D eigenvalue weighted by molar-refractivity contribution is -0.122. The van der Waals surface area contributed by atoms with Crippen LogP contribution in [0.4, 0.5) is 5.69 Å². The predicted octanol–water partition coefficient (Wildman–Crippen LogP) is 3.98. The Balaban J connectivity index is 0.00000225. The van der Waals surface area contributed by atoms with Gasteiger partial charge in [0.2, 0.25) is 5.91 Å². The molecule has 2 saturated carbocycles. The summed E-state index contributed by atoms with van der Waals surface area (Å²) in [4.78, 5) is 12.8. The van der Waals surface area contributed by atoms with Gasteiger partial charge in [-0.3, -0.25) is 4.79 Å². The monoisotopic (exact) mass is 432 g/mol. The molecule has 1 amide bonds. The average Bonchev–Trinajstić information content (AvgIpc) is 2.55. The fourth-order valence-corrected chi connectivity index (χ4v) is 4.61. The van der Waals surface area contributed by atoms with E-state index >= 15 is 0 Å². The van der Waals surface area contributed by atoms with Crippen molar-refractivity contribution in [1.29, 1.82) is 0 Å². The van der Waals surface area contributed by atoms with Crippen molar-refractivity contribution in [3.8, 4) is 11.5 Å². The van der Waals surface area contributed by atoms with Gasteiger partial charge in [0, 0.05) is 28.6 Å². The zero-order chi connectivity index (χ0) is 17.3. The van der Waals surface area contributed by atoms with Crippen LogP contribution in [0.25, 0.3) is 0 Å². The van der Waals surface area contributed by atoms with Crippen molar-refractivity contribution in [2.45, 2.75) is 38.1 Å². The van der Waals surface area contributed by atoms with E-state index in [9.17, 15) is 4.79 Å². The summed E-state index contributed by atoms with van der Waals surface area (Å²) in [6, 6.07) is 3.87. The first-order valence-corrected chi connectivity index (χ1v) is 9.30. The van der Waals surface area contributed by atoms with E-state index in [4.69, 9.17) is 15.2 Å². The van der Waals surface area contributed by atoms with Crippen LogP contribution in [-0.2, 0) is 4.79 Å². The van der Waals surface area contributed by atoms with Crippen LogP contribution in [0.2, 0.25) is 0 Å². The number of rotatable bonds is 4. The Morgan fingerprint density at radius 2 is 1.72 bits per heavy atom. The summed E-state index contributed by atoms with van der Waals surface area (Å²) in [5, 5.41) is 3.05. The Kier molecular flexibility index (Phi) is 7.00. The van der Waals surface area contributed by atoms with Crippen LogP contribution in [0.5, 0.6) is 11.5 Å². The van der Waals surface area contributed by atoms with Gasteiger partial charge < -0.3 is 20.5 Å². The molecule has 0 heterocycles. The highest BCUT2D eigenvalue weighted by Gasteiger charge is 2.40. The van der Waals surface area contributed by atoms with Gasteiger partial charge in [-0.2, -0.15) is 0 Å². The molecule has 0 aliphatic heterocycles. The summed E-state index contributed by atoms with van der Waals surface area (Å²) in [7, 11) is 3.17. The number of carbonyl (C=O) groups is 1. The van der Waals surface area contributed by atoms with Crippen LogP contribution < -0.4 is 20.5 Å². The molecule has 1 aromatic carbocycles. The minimum atomic E-state index is 0. The molecule has 1 aromatic rings. The van der Waals surface area contributed by atoms with Crippen LogP contribution in [0.3, 0.4) is 0 Å². The van der Waals surface area contributed by atoms with Gasteiger partial charge in [-0.25, -0.2) is 0 Å². The van der Waals surface area contributed by atoms with Crippen molar-refractivity contribution in [2.75, 3.05) is 19.5 Å². The van der Waals surface area contributed by atoms with Crippen molar-refractivity contribution in [1.82, 2.24) is 0 Å². The maximum absolute atomic E-state index is 12.8. The average molecular weight is 434 g/mol. The third-order valence-corrected chi connectivity index (χ3v) is 6.17. The Bertz CT molecular complexity index is 615. The molecule has 2 aliphatic rings. The number of hydrogen-bond donors (Lipinski definition) is 2. The number of fused-ring (bicyclic) bond motifs is 2. The lowest BCUT2D eigenvalue weighted by atomic mass is 9.65. The van der Waals surface area contributed by atoms with E-state index in [-0.39, 0.29) is 30.3 Å². The third kappa shape index (κ3) is 4.23. The van der Waals surface area contributed by atoms with Gasteiger partial charge in [-0.1, -0.05) is 6.42 Å². The molecule has 140 valence electrons. The van der Waals surface area contributed by atoms with Crippen LogP contribution >= 0.6 is 28.3 Å². The second kappa shape index (κ2) is 8.60. The molecule has 0 spiro atoms. The van der Waals surface area contributed by atoms with Crippen molar-refractivity contribution in [3.63, 3.8) is 0 Å². The van der Waals surface area contributed by atoms with E-state index in [2.05, 4.69) is 21.2 Å². The maximum atomic E-state index is 12.8. The molecular weight excluding hydrogens is 408 g/mol. The van der Waals surface area contributed by atoms with Crippen LogP contribution in [-0.4, -0.2) is 26.2 Å². The number of hydrogen-bond acceptors (Lipinski definition) is 4. The summed E-state index contributed by atoms with van der Waals surface area (Å²) >= 11 is 3.49. The van der Waals surface area contributed by atoms with Crippen LogP contribution in [0, 0.1) is 17.8 Å². The lowest BCUT2D eigenvalue weighted by Crippen LogP contribution is -2.48. The van der Waals surface area contributed by atoms with Gasteiger partial charge in [0.05, 0.1) is 19.9 Å². The van der Waals surface area contributed by atoms with E-state index in [1.807, 2.05) is 0 Å². The smallest absolute Gasteiger partial charge is 0.227 e. The molecule has 2 unspecified atom stereocenters. The number of nitrogens with one attached hydrogen (secondary N) is 1. The fraction of sp³-hybridized carbons (Fsp3) is 0.611. The summed E-state index contributed by atoms with van der Waals surface area (Å²) in [6.45, 7) is 0. The van der Waals surface area contributed by atoms with Crippen LogP contribution in [0.15, 0.2) is 16.6 Å². The third-order valence-electron chi connectivity index (χ3n) is 5.51. The number of carbonyl (C=O) groups excluding carboxylic acids is 1. The number of anilines is 1. The summed E-state index contributed by atoms with van der Waals surface area (Å²) < 4.78 is 11.4. The largest absolute Gasteiger partial charge is 0.493 e. The molecule has 0 radical (unpaired) electrons. The Morgan fingerprint density at radius 1 is 1.16 bits per heavy atom. The molecule has 2 aliphatic carbocycles. The van der Waals surface area contributed by atoms with E-state index in [0.717, 1.165) is 30.2 Å². The first-order valence-electron chi connectivity index (χ1n) is 8.51. The first-order chi connectivity index (χ1) is 11.5. The number of methoxy groups -OCH3 is 2. The van der Waals surface area contributed by atoms with E-state index < -0.39 is 0 Å². The molecule has 25 heavy (non-hydrogen) atoms. The molecule has 0 aromatic heterocycles. The topological polar surface area (TPSA) is 73.6 Å².